The van der Waals surface area contributed by atoms with E-state index < -0.39 is 29.1 Å². The zero-order valence-corrected chi connectivity index (χ0v) is 14.7. The van der Waals surface area contributed by atoms with Crippen LogP contribution in [0.3, 0.4) is 0 Å². The summed E-state index contributed by atoms with van der Waals surface area (Å²) in [6, 6.07) is 7.23. The van der Waals surface area contributed by atoms with Crippen molar-refractivity contribution in [3.05, 3.63) is 42.0 Å². The molecule has 26 heavy (non-hydrogen) atoms. The van der Waals surface area contributed by atoms with E-state index in [1.807, 2.05) is 31.2 Å². The summed E-state index contributed by atoms with van der Waals surface area (Å²) in [5.41, 5.74) is 4.56. The van der Waals surface area contributed by atoms with Crippen molar-refractivity contribution in [1.29, 1.82) is 0 Å². The topological polar surface area (TPSA) is 105 Å². The number of carbonyl (C=O) groups is 3. The number of aliphatic carboxylic acids is 1. The fourth-order valence-electron chi connectivity index (χ4n) is 3.88. The molecule has 0 aromatic heterocycles. The van der Waals surface area contributed by atoms with Crippen LogP contribution in [-0.2, 0) is 14.4 Å². The number of rotatable bonds is 5. The smallest absolute Gasteiger partial charge is 0.310 e. The Balaban J connectivity index is 1.53. The maximum atomic E-state index is 12.5. The van der Waals surface area contributed by atoms with Crippen molar-refractivity contribution in [3.63, 3.8) is 0 Å². The summed E-state index contributed by atoms with van der Waals surface area (Å²) in [5.74, 6) is -2.46. The van der Waals surface area contributed by atoms with Gasteiger partial charge in [-0.2, -0.15) is 0 Å². The van der Waals surface area contributed by atoms with Crippen molar-refractivity contribution in [3.8, 4) is 5.75 Å². The van der Waals surface area contributed by atoms with Crippen molar-refractivity contribution in [2.24, 2.45) is 23.2 Å². The molecule has 1 saturated carbocycles. The van der Waals surface area contributed by atoms with E-state index in [1.54, 1.807) is 19.1 Å². The van der Waals surface area contributed by atoms with Gasteiger partial charge in [0.05, 0.1) is 11.3 Å². The van der Waals surface area contributed by atoms with Gasteiger partial charge < -0.3 is 9.84 Å². The van der Waals surface area contributed by atoms with Crippen molar-refractivity contribution >= 4 is 17.8 Å². The van der Waals surface area contributed by atoms with E-state index in [0.29, 0.717) is 12.2 Å². The first-order chi connectivity index (χ1) is 12.3. The molecule has 3 N–H and O–H groups in total. The van der Waals surface area contributed by atoms with Crippen molar-refractivity contribution < 1.29 is 24.2 Å². The van der Waals surface area contributed by atoms with Gasteiger partial charge in [-0.05, 0) is 44.2 Å². The molecule has 1 aromatic carbocycles. The molecule has 2 bridgehead atoms. The fraction of sp³-hybridized carbons (Fsp3) is 0.421. The standard InChI is InChI=1S/C19H22N2O5/c1-11-3-7-14(8-4-11)26-10-15(22)20-21-17(23)16-12-5-6-13(9-12)19(16,2)18(24)25/h3-8,12-13,16H,9-10H2,1-2H3,(H,20,22)(H,21,23)(H,24,25)/t12-,13+,16-,19-/m1/s1. The van der Waals surface area contributed by atoms with Crippen LogP contribution in [0.2, 0.25) is 0 Å². The molecule has 0 radical (unpaired) electrons. The lowest BCUT2D eigenvalue weighted by Gasteiger charge is -2.33. The van der Waals surface area contributed by atoms with E-state index in [1.165, 1.54) is 0 Å². The van der Waals surface area contributed by atoms with Crippen LogP contribution in [0.25, 0.3) is 0 Å². The number of benzene rings is 1. The molecule has 0 saturated heterocycles. The third-order valence-corrected chi connectivity index (χ3v) is 5.42. The van der Waals surface area contributed by atoms with Gasteiger partial charge in [-0.15, -0.1) is 0 Å². The van der Waals surface area contributed by atoms with Crippen LogP contribution in [-0.4, -0.2) is 29.5 Å². The van der Waals surface area contributed by atoms with Crippen LogP contribution < -0.4 is 15.6 Å². The number of allylic oxidation sites excluding steroid dienone is 2. The van der Waals surface area contributed by atoms with E-state index in [4.69, 9.17) is 4.74 Å². The number of carboxylic acids is 1. The van der Waals surface area contributed by atoms with Crippen LogP contribution in [0.15, 0.2) is 36.4 Å². The highest BCUT2D eigenvalue weighted by atomic mass is 16.5. The summed E-state index contributed by atoms with van der Waals surface area (Å²) in [6.07, 6.45) is 4.41. The van der Waals surface area contributed by atoms with Gasteiger partial charge in [0.15, 0.2) is 6.61 Å². The maximum Gasteiger partial charge on any atom is 0.310 e. The van der Waals surface area contributed by atoms with Crippen LogP contribution in [0.4, 0.5) is 0 Å². The number of hydrogen-bond donors (Lipinski definition) is 3. The van der Waals surface area contributed by atoms with Crippen LogP contribution in [0.1, 0.15) is 18.9 Å². The second kappa shape index (κ2) is 6.82. The summed E-state index contributed by atoms with van der Waals surface area (Å²) in [6.45, 7) is 3.29. The maximum absolute atomic E-state index is 12.5. The highest BCUT2D eigenvalue weighted by Gasteiger charge is 2.60. The molecule has 138 valence electrons. The number of amides is 2. The molecule has 3 rings (SSSR count). The minimum absolute atomic E-state index is 0.123. The van der Waals surface area contributed by atoms with Crippen molar-refractivity contribution in [2.75, 3.05) is 6.61 Å². The van der Waals surface area contributed by atoms with Crippen LogP contribution >= 0.6 is 0 Å². The Labute approximate surface area is 151 Å². The number of ether oxygens (including phenoxy) is 1. The first-order valence-corrected chi connectivity index (χ1v) is 8.52. The predicted octanol–water partition coefficient (Wildman–Crippen LogP) is 1.43. The molecular formula is C19H22N2O5. The molecule has 2 aliphatic carbocycles. The highest BCUT2D eigenvalue weighted by molar-refractivity contribution is 5.90. The van der Waals surface area contributed by atoms with Gasteiger partial charge in [-0.25, -0.2) is 0 Å². The van der Waals surface area contributed by atoms with Gasteiger partial charge >= 0.3 is 5.97 Å². The first-order valence-electron chi connectivity index (χ1n) is 8.52. The Morgan fingerprint density at radius 3 is 2.54 bits per heavy atom. The SMILES string of the molecule is Cc1ccc(OCC(=O)NNC(=O)[C@H]2[C@@H]3C=C[C@@H](C3)[C@@]2(C)C(=O)O)cc1. The quantitative estimate of drug-likeness (QED) is 0.546. The first kappa shape index (κ1) is 18.0. The van der Waals surface area contributed by atoms with Gasteiger partial charge in [-0.1, -0.05) is 29.8 Å². The number of aryl methyl sites for hydroxylation is 1. The van der Waals surface area contributed by atoms with Gasteiger partial charge in [0.2, 0.25) is 5.91 Å². The Hall–Kier alpha value is -2.83. The summed E-state index contributed by atoms with van der Waals surface area (Å²) < 4.78 is 5.34. The average molecular weight is 358 g/mol. The molecule has 7 nitrogen and oxygen atoms in total. The normalized spacial score (nSPS) is 28.6. The molecule has 0 unspecified atom stereocenters. The zero-order chi connectivity index (χ0) is 18.9. The second-order valence-corrected chi connectivity index (χ2v) is 7.10. The molecule has 0 spiro atoms. The van der Waals surface area contributed by atoms with E-state index >= 15 is 0 Å². The highest BCUT2D eigenvalue weighted by Crippen LogP contribution is 2.56. The monoisotopic (exact) mass is 358 g/mol. The summed E-state index contributed by atoms with van der Waals surface area (Å²) in [4.78, 5) is 36.1. The van der Waals surface area contributed by atoms with Gasteiger partial charge in [0, 0.05) is 0 Å². The lowest BCUT2D eigenvalue weighted by molar-refractivity contribution is -0.156. The molecule has 1 fully saturated rings. The molecule has 1 aromatic rings. The Kier molecular flexibility index (Phi) is 4.71. The lowest BCUT2D eigenvalue weighted by Crippen LogP contribution is -2.52. The van der Waals surface area contributed by atoms with Crippen LogP contribution in [0.5, 0.6) is 5.75 Å². The number of carbonyl (C=O) groups excluding carboxylic acids is 2. The lowest BCUT2D eigenvalue weighted by atomic mass is 9.69. The Bertz CT molecular complexity index is 758. The Morgan fingerprint density at radius 2 is 1.88 bits per heavy atom. The third-order valence-electron chi connectivity index (χ3n) is 5.42. The summed E-state index contributed by atoms with van der Waals surface area (Å²) >= 11 is 0. The van der Waals surface area contributed by atoms with E-state index in [0.717, 1.165) is 5.56 Å². The van der Waals surface area contributed by atoms with Crippen LogP contribution in [0, 0.1) is 30.1 Å². The number of nitrogens with one attached hydrogen (secondary N) is 2. The Morgan fingerprint density at radius 1 is 1.19 bits per heavy atom. The number of hydrazine groups is 1. The summed E-state index contributed by atoms with van der Waals surface area (Å²) in [5, 5.41) is 9.60. The van der Waals surface area contributed by atoms with Crippen molar-refractivity contribution in [1.82, 2.24) is 10.9 Å². The molecule has 4 atom stereocenters. The fourth-order valence-corrected chi connectivity index (χ4v) is 3.88. The van der Waals surface area contributed by atoms with Crippen molar-refractivity contribution in [2.45, 2.75) is 20.3 Å². The molecular weight excluding hydrogens is 336 g/mol. The predicted molar refractivity (Wildman–Crippen MR) is 92.9 cm³/mol. The number of fused-ring (bicyclic) bond motifs is 2. The minimum Gasteiger partial charge on any atom is -0.484 e. The van der Waals surface area contributed by atoms with E-state index in [9.17, 15) is 19.5 Å². The van der Waals surface area contributed by atoms with Gasteiger partial charge in [0.25, 0.3) is 5.91 Å². The molecule has 2 aliphatic rings. The molecule has 7 heteroatoms. The third kappa shape index (κ3) is 3.16. The molecule has 0 aliphatic heterocycles. The summed E-state index contributed by atoms with van der Waals surface area (Å²) in [7, 11) is 0. The van der Waals surface area contributed by atoms with E-state index in [2.05, 4.69) is 10.9 Å². The number of hydrogen-bond acceptors (Lipinski definition) is 4. The molecule has 2 amide bonds. The molecule has 0 heterocycles. The van der Waals surface area contributed by atoms with Gasteiger partial charge in [-0.3, -0.25) is 25.2 Å². The number of carboxylic acid groups (broad SMARTS) is 1. The largest absolute Gasteiger partial charge is 0.484 e. The van der Waals surface area contributed by atoms with Gasteiger partial charge in [0.1, 0.15) is 5.75 Å². The average Bonchev–Trinajstić information content (AvgIpc) is 3.19. The second-order valence-electron chi connectivity index (χ2n) is 7.10. The zero-order valence-electron chi connectivity index (χ0n) is 14.7. The van der Waals surface area contributed by atoms with E-state index in [-0.39, 0.29) is 18.4 Å². The minimum atomic E-state index is -1.16.